The van der Waals surface area contributed by atoms with Crippen LogP contribution in [-0.4, -0.2) is 46.5 Å². The predicted octanol–water partition coefficient (Wildman–Crippen LogP) is 1.44. The van der Waals surface area contributed by atoms with Crippen LogP contribution in [0.2, 0.25) is 0 Å². The summed E-state index contributed by atoms with van der Waals surface area (Å²) in [5, 5.41) is 1.94. The van der Waals surface area contributed by atoms with Crippen LogP contribution >= 0.6 is 11.3 Å². The molecule has 2 aromatic rings. The number of amides is 1. The molecule has 0 saturated carbocycles. The highest BCUT2D eigenvalue weighted by Gasteiger charge is 2.24. The van der Waals surface area contributed by atoms with Crippen LogP contribution in [0.3, 0.4) is 0 Å². The molecule has 3 heterocycles. The second-order valence-electron chi connectivity index (χ2n) is 4.59. The highest BCUT2D eigenvalue weighted by molar-refractivity contribution is 7.12. The Kier molecular flexibility index (Phi) is 3.25. The number of anilines is 1. The number of carbonyl (C=O) groups is 1. The van der Waals surface area contributed by atoms with E-state index in [-0.39, 0.29) is 5.91 Å². The fraction of sp³-hybridized carbons (Fsp3) is 0.385. The van der Waals surface area contributed by atoms with E-state index in [4.69, 9.17) is 0 Å². The molecule has 0 bridgehead atoms. The molecule has 0 aliphatic carbocycles. The standard InChI is InChI=1S/C13H16N4OS/c1-15-5-4-14-13(15)17-8-6-16(7-9-17)12(18)11-3-2-10-19-11/h2-5,10H,6-9H2,1H3. The van der Waals surface area contributed by atoms with Crippen molar-refractivity contribution in [1.29, 1.82) is 0 Å². The molecule has 0 aromatic carbocycles. The quantitative estimate of drug-likeness (QED) is 0.833. The van der Waals surface area contributed by atoms with Crippen molar-refractivity contribution in [2.75, 3.05) is 31.1 Å². The number of thiophene rings is 1. The number of rotatable bonds is 2. The molecule has 2 aromatic heterocycles. The maximum atomic E-state index is 12.2. The van der Waals surface area contributed by atoms with Gasteiger partial charge in [-0.25, -0.2) is 4.98 Å². The van der Waals surface area contributed by atoms with E-state index in [0.29, 0.717) is 0 Å². The van der Waals surface area contributed by atoms with Crippen molar-refractivity contribution in [3.8, 4) is 0 Å². The summed E-state index contributed by atoms with van der Waals surface area (Å²) in [4.78, 5) is 21.5. The van der Waals surface area contributed by atoms with Gasteiger partial charge in [-0.15, -0.1) is 11.3 Å². The van der Waals surface area contributed by atoms with Crippen molar-refractivity contribution in [3.05, 3.63) is 34.8 Å². The molecule has 5 nitrogen and oxygen atoms in total. The van der Waals surface area contributed by atoms with Crippen LogP contribution in [-0.2, 0) is 7.05 Å². The first-order valence-corrected chi connectivity index (χ1v) is 7.19. The summed E-state index contributed by atoms with van der Waals surface area (Å²) in [6.07, 6.45) is 3.75. The van der Waals surface area contributed by atoms with Crippen molar-refractivity contribution in [2.45, 2.75) is 0 Å². The van der Waals surface area contributed by atoms with Gasteiger partial charge >= 0.3 is 0 Å². The summed E-state index contributed by atoms with van der Waals surface area (Å²) < 4.78 is 2.01. The Morgan fingerprint density at radius 1 is 1.32 bits per heavy atom. The topological polar surface area (TPSA) is 41.4 Å². The zero-order valence-corrected chi connectivity index (χ0v) is 11.6. The number of imidazole rings is 1. The molecule has 1 fully saturated rings. The Labute approximate surface area is 116 Å². The molecule has 19 heavy (non-hydrogen) atoms. The monoisotopic (exact) mass is 276 g/mol. The lowest BCUT2D eigenvalue weighted by Gasteiger charge is -2.35. The molecule has 0 N–H and O–H groups in total. The van der Waals surface area contributed by atoms with Crippen molar-refractivity contribution in [3.63, 3.8) is 0 Å². The zero-order valence-electron chi connectivity index (χ0n) is 10.8. The maximum absolute atomic E-state index is 12.2. The molecule has 0 unspecified atom stereocenters. The Morgan fingerprint density at radius 3 is 2.68 bits per heavy atom. The molecular weight excluding hydrogens is 260 g/mol. The van der Waals surface area contributed by atoms with Gasteiger partial charge < -0.3 is 14.4 Å². The van der Waals surface area contributed by atoms with E-state index in [1.807, 2.05) is 40.2 Å². The van der Waals surface area contributed by atoms with E-state index < -0.39 is 0 Å². The number of hydrogen-bond acceptors (Lipinski definition) is 4. The Bertz CT molecular complexity index is 555. The number of piperazine rings is 1. The molecule has 0 radical (unpaired) electrons. The normalized spacial score (nSPS) is 15.8. The van der Waals surface area contributed by atoms with Crippen LogP contribution < -0.4 is 4.90 Å². The van der Waals surface area contributed by atoms with E-state index in [2.05, 4.69) is 9.88 Å². The smallest absolute Gasteiger partial charge is 0.264 e. The second kappa shape index (κ2) is 5.05. The minimum atomic E-state index is 0.148. The largest absolute Gasteiger partial charge is 0.339 e. The summed E-state index contributed by atoms with van der Waals surface area (Å²) in [7, 11) is 1.99. The summed E-state index contributed by atoms with van der Waals surface area (Å²) in [5.41, 5.74) is 0. The lowest BCUT2D eigenvalue weighted by Crippen LogP contribution is -2.49. The van der Waals surface area contributed by atoms with E-state index in [1.165, 1.54) is 11.3 Å². The van der Waals surface area contributed by atoms with Gasteiger partial charge in [0.1, 0.15) is 0 Å². The van der Waals surface area contributed by atoms with Crippen molar-refractivity contribution in [1.82, 2.24) is 14.5 Å². The minimum absolute atomic E-state index is 0.148. The Morgan fingerprint density at radius 2 is 2.11 bits per heavy atom. The predicted molar refractivity (Wildman–Crippen MR) is 75.6 cm³/mol. The SMILES string of the molecule is Cn1ccnc1N1CCN(C(=O)c2cccs2)CC1. The Balaban J connectivity index is 1.64. The Hall–Kier alpha value is -1.82. The maximum Gasteiger partial charge on any atom is 0.264 e. The molecule has 1 aliphatic rings. The van der Waals surface area contributed by atoms with Crippen LogP contribution in [0, 0.1) is 0 Å². The molecule has 3 rings (SSSR count). The lowest BCUT2D eigenvalue weighted by atomic mass is 10.3. The highest BCUT2D eigenvalue weighted by Crippen LogP contribution is 2.16. The van der Waals surface area contributed by atoms with Gasteiger partial charge in [0.25, 0.3) is 5.91 Å². The molecule has 1 aliphatic heterocycles. The van der Waals surface area contributed by atoms with Gasteiger partial charge in [-0.2, -0.15) is 0 Å². The van der Waals surface area contributed by atoms with Crippen LogP contribution in [0.25, 0.3) is 0 Å². The van der Waals surface area contributed by atoms with Crippen LogP contribution in [0.15, 0.2) is 29.9 Å². The van der Waals surface area contributed by atoms with Crippen LogP contribution in [0.5, 0.6) is 0 Å². The summed E-state index contributed by atoms with van der Waals surface area (Å²) in [6.45, 7) is 3.18. The average molecular weight is 276 g/mol. The first-order chi connectivity index (χ1) is 9.25. The fourth-order valence-corrected chi connectivity index (χ4v) is 3.02. The number of aromatic nitrogens is 2. The van der Waals surface area contributed by atoms with Gasteiger partial charge in [-0.3, -0.25) is 4.79 Å². The third-order valence-corrected chi connectivity index (χ3v) is 4.24. The minimum Gasteiger partial charge on any atom is -0.339 e. The molecule has 100 valence electrons. The van der Waals surface area contributed by atoms with Crippen molar-refractivity contribution >= 4 is 23.2 Å². The first-order valence-electron chi connectivity index (χ1n) is 6.31. The van der Waals surface area contributed by atoms with Gasteiger partial charge in [-0.05, 0) is 11.4 Å². The van der Waals surface area contributed by atoms with Crippen molar-refractivity contribution in [2.24, 2.45) is 7.05 Å². The van der Waals surface area contributed by atoms with E-state index in [0.717, 1.165) is 37.0 Å². The molecular formula is C13H16N4OS. The average Bonchev–Trinajstić information content (AvgIpc) is 3.09. The molecule has 6 heteroatoms. The van der Waals surface area contributed by atoms with Gasteiger partial charge in [0.2, 0.25) is 5.95 Å². The summed E-state index contributed by atoms with van der Waals surface area (Å²) in [6, 6.07) is 3.81. The number of carbonyl (C=O) groups excluding carboxylic acids is 1. The first kappa shape index (κ1) is 12.2. The summed E-state index contributed by atoms with van der Waals surface area (Å²) >= 11 is 1.50. The van der Waals surface area contributed by atoms with E-state index in [9.17, 15) is 4.79 Å². The highest BCUT2D eigenvalue weighted by atomic mass is 32.1. The zero-order chi connectivity index (χ0) is 13.2. The van der Waals surface area contributed by atoms with E-state index >= 15 is 0 Å². The number of aryl methyl sites for hydroxylation is 1. The summed E-state index contributed by atoms with van der Waals surface area (Å²) in [5.74, 6) is 1.12. The van der Waals surface area contributed by atoms with E-state index in [1.54, 1.807) is 6.20 Å². The third-order valence-electron chi connectivity index (χ3n) is 3.38. The van der Waals surface area contributed by atoms with Gasteiger partial charge in [-0.1, -0.05) is 6.07 Å². The van der Waals surface area contributed by atoms with Gasteiger partial charge in [0.15, 0.2) is 0 Å². The van der Waals surface area contributed by atoms with Gasteiger partial charge in [0.05, 0.1) is 4.88 Å². The molecule has 1 amide bonds. The number of nitrogens with zero attached hydrogens (tertiary/aromatic N) is 4. The lowest BCUT2D eigenvalue weighted by molar-refractivity contribution is 0.0751. The second-order valence-corrected chi connectivity index (χ2v) is 5.54. The molecule has 0 atom stereocenters. The number of hydrogen-bond donors (Lipinski definition) is 0. The third kappa shape index (κ3) is 2.35. The van der Waals surface area contributed by atoms with Crippen LogP contribution in [0.4, 0.5) is 5.95 Å². The molecule has 0 spiro atoms. The van der Waals surface area contributed by atoms with Crippen molar-refractivity contribution < 1.29 is 4.79 Å². The van der Waals surface area contributed by atoms with Gasteiger partial charge in [0, 0.05) is 45.6 Å². The molecule has 1 saturated heterocycles. The van der Waals surface area contributed by atoms with Crippen LogP contribution in [0.1, 0.15) is 9.67 Å². The fourth-order valence-electron chi connectivity index (χ4n) is 2.33.